The molecule has 0 unspecified atom stereocenters. The molecule has 0 saturated carbocycles. The molecule has 6 nitrogen and oxygen atoms in total. The molecule has 0 radical (unpaired) electrons. The molecule has 6 heteroatoms. The van der Waals surface area contributed by atoms with Crippen molar-refractivity contribution in [3.05, 3.63) is 54.1 Å². The van der Waals surface area contributed by atoms with Crippen molar-refractivity contribution < 1.29 is 24.2 Å². The lowest BCUT2D eigenvalue weighted by molar-refractivity contribution is -0.138. The summed E-state index contributed by atoms with van der Waals surface area (Å²) < 4.78 is 9.48. The van der Waals surface area contributed by atoms with E-state index in [1.165, 1.54) is 26.4 Å². The van der Waals surface area contributed by atoms with Crippen molar-refractivity contribution in [3.8, 4) is 5.75 Å². The molecule has 0 aromatic heterocycles. The first-order chi connectivity index (χ1) is 11.1. The van der Waals surface area contributed by atoms with E-state index in [4.69, 9.17) is 9.47 Å². The van der Waals surface area contributed by atoms with E-state index < -0.39 is 11.9 Å². The average Bonchev–Trinajstić information content (AvgIpc) is 2.59. The van der Waals surface area contributed by atoms with Gasteiger partial charge in [-0.25, -0.2) is 4.79 Å². The Labute approximate surface area is 133 Å². The number of methoxy groups -OCH3 is 2. The Hall–Kier alpha value is -3.02. The molecule has 120 valence electrons. The molecule has 2 aromatic carbocycles. The van der Waals surface area contributed by atoms with Gasteiger partial charge in [0, 0.05) is 5.69 Å². The highest BCUT2D eigenvalue weighted by Gasteiger charge is 2.21. The summed E-state index contributed by atoms with van der Waals surface area (Å²) in [7, 11) is 2.55. The minimum atomic E-state index is -0.610. The fourth-order valence-electron chi connectivity index (χ4n) is 2.15. The molecule has 0 bridgehead atoms. The maximum atomic E-state index is 12.0. The predicted molar refractivity (Wildman–Crippen MR) is 84.9 cm³/mol. The molecule has 0 aliphatic heterocycles. The lowest BCUT2D eigenvalue weighted by Crippen LogP contribution is -2.27. The van der Waals surface area contributed by atoms with Gasteiger partial charge in [0.05, 0.1) is 25.5 Å². The van der Waals surface area contributed by atoms with Gasteiger partial charge in [0.2, 0.25) is 0 Å². The van der Waals surface area contributed by atoms with E-state index >= 15 is 0 Å². The Morgan fingerprint density at radius 2 is 1.74 bits per heavy atom. The van der Waals surface area contributed by atoms with Crippen molar-refractivity contribution in [2.75, 3.05) is 25.7 Å². The maximum absolute atomic E-state index is 12.0. The molecular formula is C17H17NO5. The number of nitrogens with zero attached hydrogens (tertiary/aromatic N) is 1. The number of phenols is 1. The number of hydrogen-bond donors (Lipinski definition) is 1. The Morgan fingerprint density at radius 3 is 2.35 bits per heavy atom. The number of hydrogen-bond acceptors (Lipinski definition) is 6. The third-order valence-electron chi connectivity index (χ3n) is 3.26. The van der Waals surface area contributed by atoms with Gasteiger partial charge in [0.1, 0.15) is 12.3 Å². The SMILES string of the molecule is COC(=O)CN(c1ccccc1)c1ccc(O)cc1C(=O)OC. The van der Waals surface area contributed by atoms with Gasteiger partial charge in [0.25, 0.3) is 0 Å². The fraction of sp³-hybridized carbons (Fsp3) is 0.176. The summed E-state index contributed by atoms with van der Waals surface area (Å²) in [6.45, 7) is -0.0880. The number of esters is 2. The molecule has 0 atom stereocenters. The Morgan fingerprint density at radius 1 is 1.04 bits per heavy atom. The minimum Gasteiger partial charge on any atom is -0.508 e. The van der Waals surface area contributed by atoms with Crippen molar-refractivity contribution in [1.82, 2.24) is 0 Å². The van der Waals surface area contributed by atoms with E-state index in [0.717, 1.165) is 0 Å². The third kappa shape index (κ3) is 3.79. The summed E-state index contributed by atoms with van der Waals surface area (Å²) in [5, 5.41) is 9.64. The van der Waals surface area contributed by atoms with E-state index in [1.807, 2.05) is 18.2 Å². The van der Waals surface area contributed by atoms with Crippen LogP contribution in [0.1, 0.15) is 10.4 Å². The highest BCUT2D eigenvalue weighted by atomic mass is 16.5. The van der Waals surface area contributed by atoms with Gasteiger partial charge in [-0.3, -0.25) is 4.79 Å². The summed E-state index contributed by atoms with van der Waals surface area (Å²) in [5.74, 6) is -1.14. The van der Waals surface area contributed by atoms with Gasteiger partial charge < -0.3 is 19.5 Å². The van der Waals surface area contributed by atoms with Crippen LogP contribution in [0.15, 0.2) is 48.5 Å². The molecular weight excluding hydrogens is 298 g/mol. The molecule has 2 aromatic rings. The lowest BCUT2D eigenvalue weighted by atomic mass is 10.1. The molecule has 0 spiro atoms. The monoisotopic (exact) mass is 315 g/mol. The quantitative estimate of drug-likeness (QED) is 0.854. The van der Waals surface area contributed by atoms with Gasteiger partial charge >= 0.3 is 11.9 Å². The second-order valence-electron chi connectivity index (χ2n) is 4.69. The second-order valence-corrected chi connectivity index (χ2v) is 4.69. The fourth-order valence-corrected chi connectivity index (χ4v) is 2.15. The number of para-hydroxylation sites is 1. The molecule has 0 fully saturated rings. The Balaban J connectivity index is 2.55. The molecule has 0 heterocycles. The highest BCUT2D eigenvalue weighted by Crippen LogP contribution is 2.31. The Bertz CT molecular complexity index is 699. The largest absolute Gasteiger partial charge is 0.508 e. The smallest absolute Gasteiger partial charge is 0.340 e. The number of aromatic hydroxyl groups is 1. The third-order valence-corrected chi connectivity index (χ3v) is 3.26. The zero-order valence-electron chi connectivity index (χ0n) is 12.9. The number of benzene rings is 2. The van der Waals surface area contributed by atoms with Crippen LogP contribution in [0.5, 0.6) is 5.75 Å². The van der Waals surface area contributed by atoms with Crippen molar-refractivity contribution in [2.24, 2.45) is 0 Å². The lowest BCUT2D eigenvalue weighted by Gasteiger charge is -2.25. The van der Waals surface area contributed by atoms with E-state index in [9.17, 15) is 14.7 Å². The number of phenolic OH excluding ortho intramolecular Hbond substituents is 1. The molecule has 0 saturated heterocycles. The van der Waals surface area contributed by atoms with Crippen LogP contribution in [-0.2, 0) is 14.3 Å². The number of anilines is 2. The van der Waals surface area contributed by atoms with Crippen molar-refractivity contribution in [3.63, 3.8) is 0 Å². The van der Waals surface area contributed by atoms with Crippen LogP contribution in [0.3, 0.4) is 0 Å². The van der Waals surface area contributed by atoms with Crippen molar-refractivity contribution in [2.45, 2.75) is 0 Å². The summed E-state index contributed by atoms with van der Waals surface area (Å²) in [5.41, 5.74) is 1.29. The van der Waals surface area contributed by atoms with E-state index in [1.54, 1.807) is 23.1 Å². The molecule has 2 rings (SSSR count). The van der Waals surface area contributed by atoms with Crippen LogP contribution in [0.25, 0.3) is 0 Å². The van der Waals surface area contributed by atoms with Gasteiger partial charge in [-0.1, -0.05) is 18.2 Å². The van der Waals surface area contributed by atoms with Crippen LogP contribution in [0.2, 0.25) is 0 Å². The predicted octanol–water partition coefficient (Wildman–Crippen LogP) is 2.49. The first-order valence-corrected chi connectivity index (χ1v) is 6.87. The van der Waals surface area contributed by atoms with Crippen LogP contribution < -0.4 is 4.90 Å². The zero-order valence-corrected chi connectivity index (χ0v) is 12.9. The molecule has 0 aliphatic carbocycles. The first kappa shape index (κ1) is 16.4. The van der Waals surface area contributed by atoms with Crippen molar-refractivity contribution in [1.29, 1.82) is 0 Å². The van der Waals surface area contributed by atoms with E-state index in [2.05, 4.69) is 0 Å². The van der Waals surface area contributed by atoms with Crippen molar-refractivity contribution >= 4 is 23.3 Å². The Kier molecular flexibility index (Phi) is 5.19. The molecule has 23 heavy (non-hydrogen) atoms. The van der Waals surface area contributed by atoms with Crippen LogP contribution in [0, 0.1) is 0 Å². The average molecular weight is 315 g/mol. The van der Waals surface area contributed by atoms with Gasteiger partial charge in [-0.15, -0.1) is 0 Å². The minimum absolute atomic E-state index is 0.0692. The van der Waals surface area contributed by atoms with E-state index in [-0.39, 0.29) is 17.9 Å². The van der Waals surface area contributed by atoms with Gasteiger partial charge in [0.15, 0.2) is 0 Å². The normalized spacial score (nSPS) is 10.0. The molecule has 0 aliphatic rings. The van der Waals surface area contributed by atoms with Crippen LogP contribution in [-0.4, -0.2) is 37.8 Å². The first-order valence-electron chi connectivity index (χ1n) is 6.87. The van der Waals surface area contributed by atoms with Crippen LogP contribution >= 0.6 is 0 Å². The standard InChI is InChI=1S/C17H17NO5/c1-22-16(20)11-18(12-6-4-3-5-7-12)15-9-8-13(19)10-14(15)17(21)23-2/h3-10,19H,11H2,1-2H3. The summed E-state index contributed by atoms with van der Waals surface area (Å²) in [4.78, 5) is 25.4. The number of rotatable bonds is 5. The molecule has 1 N–H and O–H groups in total. The molecule has 0 amide bonds. The highest BCUT2D eigenvalue weighted by molar-refractivity contribution is 5.98. The summed E-state index contributed by atoms with van der Waals surface area (Å²) >= 11 is 0. The zero-order chi connectivity index (χ0) is 16.8. The van der Waals surface area contributed by atoms with E-state index in [0.29, 0.717) is 11.4 Å². The topological polar surface area (TPSA) is 76.1 Å². The number of carbonyl (C=O) groups excluding carboxylic acids is 2. The van der Waals surface area contributed by atoms with Gasteiger partial charge in [-0.05, 0) is 30.3 Å². The number of ether oxygens (including phenoxy) is 2. The number of carbonyl (C=O) groups is 2. The summed E-state index contributed by atoms with van der Waals surface area (Å²) in [6.07, 6.45) is 0. The summed E-state index contributed by atoms with van der Waals surface area (Å²) in [6, 6.07) is 13.4. The van der Waals surface area contributed by atoms with Gasteiger partial charge in [-0.2, -0.15) is 0 Å². The van der Waals surface area contributed by atoms with Crippen LogP contribution in [0.4, 0.5) is 11.4 Å². The second kappa shape index (κ2) is 7.31. The maximum Gasteiger partial charge on any atom is 0.340 e.